The lowest BCUT2D eigenvalue weighted by atomic mass is 10.3. The van der Waals surface area contributed by atoms with Gasteiger partial charge >= 0.3 is 0 Å². The highest BCUT2D eigenvalue weighted by molar-refractivity contribution is 5.74. The lowest BCUT2D eigenvalue weighted by molar-refractivity contribution is 0.166. The van der Waals surface area contributed by atoms with Gasteiger partial charge in [0.2, 0.25) is 0 Å². The van der Waals surface area contributed by atoms with E-state index in [1.54, 1.807) is 0 Å². The number of rotatable bonds is 6. The molecule has 0 unspecified atom stereocenters. The third kappa shape index (κ3) is 3.32. The SMILES string of the molecule is C=C(C)COCCNc1nc2ccccc2o1. The normalized spacial score (nSPS) is 10.6. The van der Waals surface area contributed by atoms with Crippen molar-refractivity contribution >= 4 is 17.1 Å². The molecular formula is C13H16N2O2. The molecule has 1 heterocycles. The quantitative estimate of drug-likeness (QED) is 0.614. The largest absolute Gasteiger partial charge is 0.424 e. The number of anilines is 1. The van der Waals surface area contributed by atoms with E-state index >= 15 is 0 Å². The van der Waals surface area contributed by atoms with Gasteiger partial charge in [-0.2, -0.15) is 4.98 Å². The average molecular weight is 232 g/mol. The Morgan fingerprint density at radius 2 is 2.29 bits per heavy atom. The maximum absolute atomic E-state index is 5.50. The van der Waals surface area contributed by atoms with Crippen LogP contribution in [0, 0.1) is 0 Å². The highest BCUT2D eigenvalue weighted by Crippen LogP contribution is 2.17. The lowest BCUT2D eigenvalue weighted by Crippen LogP contribution is -2.10. The number of nitrogens with zero attached hydrogens (tertiary/aromatic N) is 1. The zero-order valence-corrected chi connectivity index (χ0v) is 9.90. The van der Waals surface area contributed by atoms with E-state index < -0.39 is 0 Å². The molecule has 0 spiro atoms. The van der Waals surface area contributed by atoms with Crippen molar-refractivity contribution in [1.82, 2.24) is 4.98 Å². The summed E-state index contributed by atoms with van der Waals surface area (Å²) in [6.45, 7) is 7.56. The molecule has 1 aromatic heterocycles. The van der Waals surface area contributed by atoms with E-state index in [0.717, 1.165) is 16.7 Å². The van der Waals surface area contributed by atoms with E-state index in [0.29, 0.717) is 25.8 Å². The molecule has 4 heteroatoms. The van der Waals surface area contributed by atoms with Gasteiger partial charge in [0.15, 0.2) is 5.58 Å². The monoisotopic (exact) mass is 232 g/mol. The molecule has 0 radical (unpaired) electrons. The molecule has 0 saturated heterocycles. The number of aromatic nitrogens is 1. The molecule has 90 valence electrons. The average Bonchev–Trinajstić information content (AvgIpc) is 2.70. The number of hydrogen-bond acceptors (Lipinski definition) is 4. The Kier molecular flexibility index (Phi) is 3.77. The van der Waals surface area contributed by atoms with Crippen molar-refractivity contribution < 1.29 is 9.15 Å². The fourth-order valence-electron chi connectivity index (χ4n) is 1.42. The zero-order chi connectivity index (χ0) is 12.1. The van der Waals surface area contributed by atoms with Gasteiger partial charge in [-0.1, -0.05) is 24.3 Å². The van der Waals surface area contributed by atoms with Crippen molar-refractivity contribution in [2.24, 2.45) is 0 Å². The van der Waals surface area contributed by atoms with Crippen molar-refractivity contribution in [3.8, 4) is 0 Å². The van der Waals surface area contributed by atoms with E-state index in [4.69, 9.17) is 9.15 Å². The van der Waals surface area contributed by atoms with Gasteiger partial charge in [-0.3, -0.25) is 0 Å². The Labute approximate surface area is 100 Å². The Morgan fingerprint density at radius 1 is 1.47 bits per heavy atom. The molecule has 0 aliphatic heterocycles. The molecule has 0 atom stereocenters. The van der Waals surface area contributed by atoms with E-state index in [1.165, 1.54) is 0 Å². The fourth-order valence-corrected chi connectivity index (χ4v) is 1.42. The Balaban J connectivity index is 1.81. The first-order valence-electron chi connectivity index (χ1n) is 5.57. The van der Waals surface area contributed by atoms with Gasteiger partial charge < -0.3 is 14.5 Å². The molecule has 2 aromatic rings. The topological polar surface area (TPSA) is 47.3 Å². The summed E-state index contributed by atoms with van der Waals surface area (Å²) >= 11 is 0. The van der Waals surface area contributed by atoms with Crippen molar-refractivity contribution in [3.63, 3.8) is 0 Å². The lowest BCUT2D eigenvalue weighted by Gasteiger charge is -2.03. The molecule has 0 saturated carbocycles. The van der Waals surface area contributed by atoms with Crippen LogP contribution in [0.4, 0.5) is 6.01 Å². The Hall–Kier alpha value is -1.81. The summed E-state index contributed by atoms with van der Waals surface area (Å²) in [5.41, 5.74) is 2.67. The molecule has 1 aromatic carbocycles. The van der Waals surface area contributed by atoms with Gasteiger partial charge in [-0.15, -0.1) is 0 Å². The van der Waals surface area contributed by atoms with Gasteiger partial charge in [0.05, 0.1) is 13.2 Å². The van der Waals surface area contributed by atoms with Crippen LogP contribution in [0.25, 0.3) is 11.1 Å². The van der Waals surface area contributed by atoms with Crippen molar-refractivity contribution in [3.05, 3.63) is 36.4 Å². The van der Waals surface area contributed by atoms with Crippen molar-refractivity contribution in [1.29, 1.82) is 0 Å². The predicted octanol–water partition coefficient (Wildman–Crippen LogP) is 2.83. The summed E-state index contributed by atoms with van der Waals surface area (Å²) in [6.07, 6.45) is 0. The number of oxazole rings is 1. The van der Waals surface area contributed by atoms with Crippen LogP contribution >= 0.6 is 0 Å². The van der Waals surface area contributed by atoms with Crippen LogP contribution in [0.1, 0.15) is 6.92 Å². The summed E-state index contributed by atoms with van der Waals surface area (Å²) in [4.78, 5) is 4.29. The number of hydrogen-bond donors (Lipinski definition) is 1. The molecule has 0 bridgehead atoms. The third-order valence-corrected chi connectivity index (χ3v) is 2.16. The molecule has 0 amide bonds. The molecular weight excluding hydrogens is 216 g/mol. The summed E-state index contributed by atoms with van der Waals surface area (Å²) in [7, 11) is 0. The minimum absolute atomic E-state index is 0.533. The summed E-state index contributed by atoms with van der Waals surface area (Å²) in [5, 5.41) is 3.08. The Bertz CT molecular complexity index is 472. The van der Waals surface area contributed by atoms with Gasteiger partial charge in [-0.25, -0.2) is 0 Å². The molecule has 0 aliphatic rings. The number of benzene rings is 1. The number of fused-ring (bicyclic) bond motifs is 1. The third-order valence-electron chi connectivity index (χ3n) is 2.16. The highest BCUT2D eigenvalue weighted by atomic mass is 16.5. The molecule has 0 fully saturated rings. The molecule has 2 rings (SSSR count). The first-order chi connectivity index (χ1) is 8.25. The van der Waals surface area contributed by atoms with Crippen molar-refractivity contribution in [2.75, 3.05) is 25.1 Å². The predicted molar refractivity (Wildman–Crippen MR) is 68.1 cm³/mol. The van der Waals surface area contributed by atoms with Crippen LogP contribution in [0.3, 0.4) is 0 Å². The minimum atomic E-state index is 0.533. The molecule has 1 N–H and O–H groups in total. The van der Waals surface area contributed by atoms with E-state index in [-0.39, 0.29) is 0 Å². The van der Waals surface area contributed by atoms with Crippen LogP contribution in [0.2, 0.25) is 0 Å². The molecule has 0 aliphatic carbocycles. The summed E-state index contributed by atoms with van der Waals surface area (Å²) < 4.78 is 10.9. The number of para-hydroxylation sites is 2. The van der Waals surface area contributed by atoms with E-state index in [2.05, 4.69) is 16.9 Å². The first kappa shape index (κ1) is 11.7. The minimum Gasteiger partial charge on any atom is -0.424 e. The van der Waals surface area contributed by atoms with E-state index in [9.17, 15) is 0 Å². The Morgan fingerprint density at radius 3 is 3.06 bits per heavy atom. The summed E-state index contributed by atoms with van der Waals surface area (Å²) in [6, 6.07) is 8.20. The molecule has 4 nitrogen and oxygen atoms in total. The van der Waals surface area contributed by atoms with Crippen molar-refractivity contribution in [2.45, 2.75) is 6.92 Å². The van der Waals surface area contributed by atoms with E-state index in [1.807, 2.05) is 31.2 Å². The van der Waals surface area contributed by atoms with Crippen LogP contribution in [0.15, 0.2) is 40.8 Å². The highest BCUT2D eigenvalue weighted by Gasteiger charge is 2.03. The van der Waals surface area contributed by atoms with Gasteiger partial charge in [-0.05, 0) is 19.1 Å². The van der Waals surface area contributed by atoms with Crippen LogP contribution < -0.4 is 5.32 Å². The summed E-state index contributed by atoms with van der Waals surface area (Å²) in [5.74, 6) is 0. The second kappa shape index (κ2) is 5.50. The first-order valence-corrected chi connectivity index (χ1v) is 5.57. The second-order valence-corrected chi connectivity index (χ2v) is 3.92. The fraction of sp³-hybridized carbons (Fsp3) is 0.308. The van der Waals surface area contributed by atoms with Crippen LogP contribution in [-0.2, 0) is 4.74 Å². The smallest absolute Gasteiger partial charge is 0.295 e. The number of ether oxygens (including phenoxy) is 1. The van der Waals surface area contributed by atoms with Crippen LogP contribution in [0.5, 0.6) is 0 Å². The van der Waals surface area contributed by atoms with Crippen LogP contribution in [-0.4, -0.2) is 24.7 Å². The maximum Gasteiger partial charge on any atom is 0.295 e. The number of nitrogens with one attached hydrogen (secondary N) is 1. The standard InChI is InChI=1S/C13H16N2O2/c1-10(2)9-16-8-7-14-13-15-11-5-3-4-6-12(11)17-13/h3-6H,1,7-9H2,2H3,(H,14,15). The maximum atomic E-state index is 5.50. The molecule has 17 heavy (non-hydrogen) atoms. The zero-order valence-electron chi connectivity index (χ0n) is 9.90. The van der Waals surface area contributed by atoms with Gasteiger partial charge in [0, 0.05) is 6.54 Å². The second-order valence-electron chi connectivity index (χ2n) is 3.92. The van der Waals surface area contributed by atoms with Gasteiger partial charge in [0.25, 0.3) is 6.01 Å². The van der Waals surface area contributed by atoms with Gasteiger partial charge in [0.1, 0.15) is 5.52 Å².